The molecular weight excluding hydrogens is 907 g/mol. The van der Waals surface area contributed by atoms with Crippen molar-refractivity contribution in [3.63, 3.8) is 0 Å². The number of nitrogens with one attached hydrogen (secondary N) is 3. The number of hydrogen-bond donors (Lipinski definition) is 3. The lowest BCUT2D eigenvalue weighted by molar-refractivity contribution is 0.354. The maximum atomic E-state index is 5.09. The first kappa shape index (κ1) is 63.7. The van der Waals surface area contributed by atoms with Gasteiger partial charge in [0.05, 0.1) is 41.8 Å². The molecule has 0 amide bonds. The number of H-pyrrole nitrogens is 3. The smallest absolute Gasteiger partial charge is 0.199 e. The van der Waals surface area contributed by atoms with Crippen molar-refractivity contribution in [1.82, 2.24) is 70.3 Å². The van der Waals surface area contributed by atoms with Crippen LogP contribution in [0.15, 0.2) is 105 Å². The molecule has 0 spiro atoms. The summed E-state index contributed by atoms with van der Waals surface area (Å²) in [4.78, 5) is 31.0. The van der Waals surface area contributed by atoms with Crippen LogP contribution >= 0.6 is 0 Å². The Bertz CT molecular complexity index is 1970. The Labute approximate surface area is 431 Å². The Hall–Kier alpha value is -6.33. The van der Waals surface area contributed by atoms with Crippen LogP contribution in [-0.4, -0.2) is 76.5 Å². The van der Waals surface area contributed by atoms with Gasteiger partial charge in [-0.05, 0) is 20.8 Å². The quantitative estimate of drug-likeness (QED) is 0.128. The topological polar surface area (TPSA) is 233 Å². The third kappa shape index (κ3) is 26.2. The van der Waals surface area contributed by atoms with Crippen molar-refractivity contribution < 1.29 is 13.3 Å². The Morgan fingerprint density at radius 3 is 1.44 bits per heavy atom. The Morgan fingerprint density at radius 1 is 0.569 bits per heavy atom. The summed E-state index contributed by atoms with van der Waals surface area (Å²) in [6.45, 7) is 50.6. The zero-order valence-corrected chi connectivity index (χ0v) is 48.4. The zero-order valence-electron chi connectivity index (χ0n) is 48.4. The molecule has 18 heteroatoms. The van der Waals surface area contributed by atoms with E-state index in [4.69, 9.17) is 13.3 Å². The lowest BCUT2D eigenvalue weighted by Crippen LogP contribution is -2.21. The maximum absolute atomic E-state index is 5.09. The van der Waals surface area contributed by atoms with E-state index in [0.29, 0.717) is 0 Å². The van der Waals surface area contributed by atoms with Gasteiger partial charge >= 0.3 is 0 Å². The third-order valence-electron chi connectivity index (χ3n) is 9.58. The average Bonchev–Trinajstić information content (AvgIpc) is 4.13. The molecule has 72 heavy (non-hydrogen) atoms. The monoisotopic (exact) mass is 998 g/mol. The van der Waals surface area contributed by atoms with E-state index in [2.05, 4.69) is 243 Å². The molecule has 0 fully saturated rings. The van der Waals surface area contributed by atoms with Crippen LogP contribution in [0.1, 0.15) is 207 Å². The Morgan fingerprint density at radius 2 is 1.22 bits per heavy atom. The number of aromatic amines is 3. The van der Waals surface area contributed by atoms with Gasteiger partial charge in [0.25, 0.3) is 0 Å². The highest BCUT2D eigenvalue weighted by atomic mass is 16.3. The summed E-state index contributed by atoms with van der Waals surface area (Å²) in [6.07, 6.45) is 24.9. The van der Waals surface area contributed by atoms with Crippen LogP contribution in [0.5, 0.6) is 0 Å². The molecule has 0 bridgehead atoms. The molecular formula is C54H91N15O3. The molecule has 8 heterocycles. The SMILES string of the molecule is CC(C)(C)C1=CCC=N1.CC(C)(C)c1cn[nH]n1.CC(C)(C)c1cnc[nH]1.CC(C)(C)c1cnco1.CC(C)(C)c1cocn1.CC(C)(C)c1ncco1.CC(C)(C)c1ncn[nH]1.CC(C)(C)n1cncn1. The van der Waals surface area contributed by atoms with E-state index in [1.165, 1.54) is 30.5 Å². The van der Waals surface area contributed by atoms with Gasteiger partial charge in [-0.15, -0.1) is 0 Å². The van der Waals surface area contributed by atoms with Crippen LogP contribution in [-0.2, 0) is 38.0 Å². The number of hydrogen-bond acceptors (Lipinski definition) is 14. The van der Waals surface area contributed by atoms with Crippen LogP contribution in [0.3, 0.4) is 0 Å². The van der Waals surface area contributed by atoms with Gasteiger partial charge in [-0.2, -0.15) is 25.6 Å². The Balaban J connectivity index is 0.000000411. The van der Waals surface area contributed by atoms with Crippen LogP contribution in [0.2, 0.25) is 0 Å². The van der Waals surface area contributed by atoms with Crippen LogP contribution in [0, 0.1) is 5.41 Å². The maximum Gasteiger partial charge on any atom is 0.199 e. The second kappa shape index (κ2) is 27.5. The van der Waals surface area contributed by atoms with E-state index >= 15 is 0 Å². The van der Waals surface area contributed by atoms with Gasteiger partial charge in [0, 0.05) is 68.1 Å². The molecule has 0 unspecified atom stereocenters. The van der Waals surface area contributed by atoms with Crippen molar-refractivity contribution in [2.45, 2.75) is 211 Å². The summed E-state index contributed by atoms with van der Waals surface area (Å²) in [5.41, 5.74) is 5.39. The Kier molecular flexibility index (Phi) is 24.3. The molecule has 0 atom stereocenters. The van der Waals surface area contributed by atoms with Crippen molar-refractivity contribution in [3.8, 4) is 0 Å². The number of oxazole rings is 3. The summed E-state index contributed by atoms with van der Waals surface area (Å²) in [7, 11) is 0. The summed E-state index contributed by atoms with van der Waals surface area (Å²) in [5.74, 6) is 2.66. The van der Waals surface area contributed by atoms with Crippen molar-refractivity contribution in [1.29, 1.82) is 0 Å². The predicted molar refractivity (Wildman–Crippen MR) is 289 cm³/mol. The van der Waals surface area contributed by atoms with Gasteiger partial charge in [-0.25, -0.2) is 34.6 Å². The molecule has 18 nitrogen and oxygen atoms in total. The average molecular weight is 998 g/mol. The highest BCUT2D eigenvalue weighted by molar-refractivity contribution is 5.65. The van der Waals surface area contributed by atoms with Gasteiger partial charge in [-0.3, -0.25) is 10.1 Å². The minimum Gasteiger partial charge on any atom is -0.451 e. The normalized spacial score (nSPS) is 12.7. The fraction of sp³-hybridized carbons (Fsp3) is 0.611. The van der Waals surface area contributed by atoms with Gasteiger partial charge in [-0.1, -0.05) is 151 Å². The number of nitrogens with zero attached hydrogens (tertiary/aromatic N) is 12. The summed E-state index contributed by atoms with van der Waals surface area (Å²) < 4.78 is 16.8. The highest BCUT2D eigenvalue weighted by Crippen LogP contribution is 2.28. The molecule has 8 rings (SSSR count). The molecule has 1 aliphatic rings. The minimum absolute atomic E-state index is 0.0451. The van der Waals surface area contributed by atoms with Crippen LogP contribution in [0.4, 0.5) is 0 Å². The second-order valence-electron chi connectivity index (χ2n) is 25.1. The number of imidazole rings is 1. The van der Waals surface area contributed by atoms with E-state index in [9.17, 15) is 0 Å². The van der Waals surface area contributed by atoms with Crippen molar-refractivity contribution in [2.75, 3.05) is 0 Å². The molecule has 0 saturated carbocycles. The van der Waals surface area contributed by atoms with Gasteiger partial charge in [0.1, 0.15) is 43.1 Å². The van der Waals surface area contributed by atoms with Gasteiger partial charge < -0.3 is 18.2 Å². The van der Waals surface area contributed by atoms with Gasteiger partial charge in [0.15, 0.2) is 18.7 Å². The lowest BCUT2D eigenvalue weighted by Gasteiger charge is -2.17. The summed E-state index contributed by atoms with van der Waals surface area (Å²) in [6, 6.07) is 0. The van der Waals surface area contributed by atoms with Crippen molar-refractivity contribution in [2.24, 2.45) is 10.4 Å². The second-order valence-corrected chi connectivity index (χ2v) is 25.1. The first-order chi connectivity index (χ1) is 32.8. The third-order valence-corrected chi connectivity index (χ3v) is 9.58. The molecule has 400 valence electrons. The number of allylic oxidation sites excluding steroid dienone is 2. The minimum atomic E-state index is 0.0451. The van der Waals surface area contributed by atoms with E-state index in [1.54, 1.807) is 50.1 Å². The van der Waals surface area contributed by atoms with E-state index in [0.717, 1.165) is 35.3 Å². The molecule has 3 N–H and O–H groups in total. The first-order valence-corrected chi connectivity index (χ1v) is 24.3. The van der Waals surface area contributed by atoms with E-state index < -0.39 is 0 Å². The standard InChI is InChI=1S/C8H13N.C7H12N2.3C7H11NO.3C6H11N3/c1-8(2,3)7-5-4-6-9-7;1-7(2,3)6-4-8-5-9-6;1-7(2,3)6-4-9-5-8-6;1-7(2,3)6-4-8-5-9-6;1-7(2,3)6-8-4-5-9-6;1-6(2,3)9-5-7-4-8-9;1-6(2,3)5-7-4-8-9-5;1-6(2,3)5-4-7-9-8-5/h5-6H,4H2,1-3H3;4-5H,1-3H3,(H,8,9);4*4-5H,1-3H3;2*4H,1-3H3,(H,7,8,9). The predicted octanol–water partition coefficient (Wildman–Crippen LogP) is 13.3. The lowest BCUT2D eigenvalue weighted by atomic mass is 9.92. The fourth-order valence-electron chi connectivity index (χ4n) is 4.98. The molecule has 1 aliphatic heterocycles. The van der Waals surface area contributed by atoms with Crippen molar-refractivity contribution in [3.05, 3.63) is 122 Å². The molecule has 7 aromatic rings. The van der Waals surface area contributed by atoms with Gasteiger partial charge in [0.2, 0.25) is 0 Å². The zero-order chi connectivity index (χ0) is 55.2. The van der Waals surface area contributed by atoms with E-state index in [1.807, 2.05) is 17.1 Å². The molecule has 0 radical (unpaired) electrons. The van der Waals surface area contributed by atoms with Crippen molar-refractivity contribution >= 4 is 6.21 Å². The van der Waals surface area contributed by atoms with Crippen LogP contribution < -0.4 is 0 Å². The molecule has 0 aliphatic carbocycles. The summed E-state index contributed by atoms with van der Waals surface area (Å²) in [5, 5.41) is 20.8. The highest BCUT2D eigenvalue weighted by Gasteiger charge is 2.20. The largest absolute Gasteiger partial charge is 0.451 e. The van der Waals surface area contributed by atoms with E-state index in [-0.39, 0.29) is 43.4 Å². The summed E-state index contributed by atoms with van der Waals surface area (Å²) >= 11 is 0. The van der Waals surface area contributed by atoms with Crippen LogP contribution in [0.25, 0.3) is 0 Å². The first-order valence-electron chi connectivity index (χ1n) is 24.3. The fourth-order valence-corrected chi connectivity index (χ4v) is 4.98. The number of aromatic nitrogens is 14. The molecule has 0 aromatic carbocycles. The molecule has 7 aromatic heterocycles. The number of aliphatic imine (C=N–C) groups is 1. The number of rotatable bonds is 0. The molecule has 0 saturated heterocycles.